The Morgan fingerprint density at radius 1 is 1.20 bits per heavy atom. The minimum absolute atomic E-state index is 0.0237. The maximum absolute atomic E-state index is 11.7. The number of amides is 1. The first kappa shape index (κ1) is 16.7. The molecular weight excluding hydrogens is 250 g/mol. The van der Waals surface area contributed by atoms with Gasteiger partial charge in [-0.25, -0.2) is 0 Å². The van der Waals surface area contributed by atoms with Crippen molar-refractivity contribution < 1.29 is 9.90 Å². The summed E-state index contributed by atoms with van der Waals surface area (Å²) < 4.78 is 0. The zero-order chi connectivity index (χ0) is 15.0. The lowest BCUT2D eigenvalue weighted by molar-refractivity contribution is -0.121. The van der Waals surface area contributed by atoms with Crippen molar-refractivity contribution in [2.45, 2.75) is 52.1 Å². The first-order chi connectivity index (χ1) is 9.49. The molecule has 2 N–H and O–H groups in total. The highest BCUT2D eigenvalue weighted by atomic mass is 16.3. The van der Waals surface area contributed by atoms with Gasteiger partial charge in [0.25, 0.3) is 0 Å². The van der Waals surface area contributed by atoms with Gasteiger partial charge in [-0.3, -0.25) is 4.79 Å². The van der Waals surface area contributed by atoms with E-state index in [0.717, 1.165) is 12.8 Å². The van der Waals surface area contributed by atoms with E-state index in [9.17, 15) is 9.90 Å². The highest BCUT2D eigenvalue weighted by Crippen LogP contribution is 2.19. The molecule has 0 bridgehead atoms. The summed E-state index contributed by atoms with van der Waals surface area (Å²) in [5, 5.41) is 12.5. The lowest BCUT2D eigenvalue weighted by Crippen LogP contribution is -2.32. The summed E-state index contributed by atoms with van der Waals surface area (Å²) in [6.07, 6.45) is 1.62. The second-order valence-electron chi connectivity index (χ2n) is 5.94. The van der Waals surface area contributed by atoms with E-state index in [-0.39, 0.29) is 5.91 Å². The average Bonchev–Trinajstić information content (AvgIpc) is 2.42. The second kappa shape index (κ2) is 8.75. The molecule has 0 heterocycles. The van der Waals surface area contributed by atoms with Gasteiger partial charge < -0.3 is 10.4 Å². The zero-order valence-corrected chi connectivity index (χ0v) is 12.8. The van der Waals surface area contributed by atoms with Gasteiger partial charge in [0.2, 0.25) is 5.91 Å². The third-order valence-electron chi connectivity index (χ3n) is 3.45. The Balaban J connectivity index is 2.23. The number of hydrogen-bond acceptors (Lipinski definition) is 2. The summed E-state index contributed by atoms with van der Waals surface area (Å²) in [6, 6.07) is 10.2. The van der Waals surface area contributed by atoms with Gasteiger partial charge in [0.1, 0.15) is 0 Å². The number of rotatable bonds is 8. The molecule has 0 aromatic heterocycles. The third kappa shape index (κ3) is 6.71. The first-order valence-corrected chi connectivity index (χ1v) is 7.48. The molecule has 20 heavy (non-hydrogen) atoms. The number of aliphatic hydroxyl groups is 1. The van der Waals surface area contributed by atoms with Crippen LogP contribution >= 0.6 is 0 Å². The number of carbonyl (C=O) groups excluding carboxylic acids is 1. The van der Waals surface area contributed by atoms with Gasteiger partial charge in [-0.1, -0.05) is 51.1 Å². The fraction of sp³-hybridized carbons (Fsp3) is 0.588. The second-order valence-corrected chi connectivity index (χ2v) is 5.94. The Morgan fingerprint density at radius 2 is 1.85 bits per heavy atom. The van der Waals surface area contributed by atoms with Crippen LogP contribution in [0, 0.1) is 5.92 Å². The molecule has 0 saturated heterocycles. The lowest BCUT2D eigenvalue weighted by Gasteiger charge is -2.15. The van der Waals surface area contributed by atoms with E-state index in [1.54, 1.807) is 0 Å². The van der Waals surface area contributed by atoms with E-state index in [1.165, 1.54) is 5.56 Å². The molecule has 0 aliphatic carbocycles. The fourth-order valence-electron chi connectivity index (χ4n) is 2.24. The number of benzene rings is 1. The van der Waals surface area contributed by atoms with Crippen LogP contribution in [0.5, 0.6) is 0 Å². The van der Waals surface area contributed by atoms with Gasteiger partial charge in [-0.15, -0.1) is 0 Å². The minimum Gasteiger partial charge on any atom is -0.391 e. The molecule has 112 valence electrons. The molecule has 1 aromatic carbocycles. The zero-order valence-electron chi connectivity index (χ0n) is 12.8. The molecule has 0 saturated carbocycles. The van der Waals surface area contributed by atoms with Crippen molar-refractivity contribution in [2.75, 3.05) is 6.54 Å². The highest BCUT2D eigenvalue weighted by molar-refractivity contribution is 5.75. The molecule has 3 heteroatoms. The molecule has 3 nitrogen and oxygen atoms in total. The van der Waals surface area contributed by atoms with Crippen LogP contribution in [0.15, 0.2) is 30.3 Å². The van der Waals surface area contributed by atoms with Crippen LogP contribution in [0.4, 0.5) is 0 Å². The highest BCUT2D eigenvalue weighted by Gasteiger charge is 2.11. The molecule has 2 unspecified atom stereocenters. The van der Waals surface area contributed by atoms with Gasteiger partial charge >= 0.3 is 0 Å². The summed E-state index contributed by atoms with van der Waals surface area (Å²) in [5.41, 5.74) is 1.26. The topological polar surface area (TPSA) is 49.3 Å². The molecule has 0 aliphatic heterocycles. The average molecular weight is 277 g/mol. The predicted octanol–water partition coefficient (Wildman–Crippen LogP) is 3.09. The van der Waals surface area contributed by atoms with Gasteiger partial charge in [0.05, 0.1) is 6.10 Å². The number of aliphatic hydroxyl groups excluding tert-OH is 1. The van der Waals surface area contributed by atoms with E-state index in [4.69, 9.17) is 0 Å². The largest absolute Gasteiger partial charge is 0.391 e. The molecule has 1 rings (SSSR count). The molecule has 0 radical (unpaired) electrons. The van der Waals surface area contributed by atoms with Crippen LogP contribution in [0.25, 0.3) is 0 Å². The maximum atomic E-state index is 11.7. The Labute approximate surface area is 122 Å². The van der Waals surface area contributed by atoms with E-state index >= 15 is 0 Å². The lowest BCUT2D eigenvalue weighted by atomic mass is 9.96. The summed E-state index contributed by atoms with van der Waals surface area (Å²) in [6.45, 7) is 6.62. The van der Waals surface area contributed by atoms with Crippen LogP contribution in [-0.4, -0.2) is 23.7 Å². The summed E-state index contributed by atoms with van der Waals surface area (Å²) >= 11 is 0. The van der Waals surface area contributed by atoms with Crippen LogP contribution in [0.3, 0.4) is 0 Å². The maximum Gasteiger partial charge on any atom is 0.220 e. The van der Waals surface area contributed by atoms with Gasteiger partial charge in [0, 0.05) is 13.0 Å². The quantitative estimate of drug-likeness (QED) is 0.767. The Kier molecular flexibility index (Phi) is 7.31. The molecule has 1 amide bonds. The van der Waals surface area contributed by atoms with Crippen LogP contribution in [-0.2, 0) is 4.79 Å². The SMILES string of the molecule is CC(C)CC(O)CNC(=O)CCC(C)c1ccccc1. The third-order valence-corrected chi connectivity index (χ3v) is 3.45. The van der Waals surface area contributed by atoms with Crippen LogP contribution < -0.4 is 5.32 Å². The Morgan fingerprint density at radius 3 is 2.45 bits per heavy atom. The van der Waals surface area contributed by atoms with Crippen molar-refractivity contribution in [3.63, 3.8) is 0 Å². The Hall–Kier alpha value is -1.35. The standard InChI is InChI=1S/C17H27NO2/c1-13(2)11-16(19)12-18-17(20)10-9-14(3)15-7-5-4-6-8-15/h4-8,13-14,16,19H,9-12H2,1-3H3,(H,18,20). The number of hydrogen-bond donors (Lipinski definition) is 2. The Bertz CT molecular complexity index is 389. The number of carbonyl (C=O) groups is 1. The molecule has 0 aliphatic rings. The molecular formula is C17H27NO2. The van der Waals surface area contributed by atoms with Gasteiger partial charge in [0.15, 0.2) is 0 Å². The van der Waals surface area contributed by atoms with Crippen molar-refractivity contribution >= 4 is 5.91 Å². The van der Waals surface area contributed by atoms with Crippen molar-refractivity contribution in [3.8, 4) is 0 Å². The summed E-state index contributed by atoms with van der Waals surface area (Å²) in [7, 11) is 0. The number of nitrogens with one attached hydrogen (secondary N) is 1. The predicted molar refractivity (Wildman–Crippen MR) is 82.6 cm³/mol. The van der Waals surface area contributed by atoms with Crippen molar-refractivity contribution in [3.05, 3.63) is 35.9 Å². The minimum atomic E-state index is -0.439. The van der Waals surface area contributed by atoms with E-state index in [2.05, 4.69) is 38.2 Å². The monoisotopic (exact) mass is 277 g/mol. The van der Waals surface area contributed by atoms with E-state index in [1.807, 2.05) is 18.2 Å². The van der Waals surface area contributed by atoms with Crippen molar-refractivity contribution in [1.82, 2.24) is 5.32 Å². The summed E-state index contributed by atoms with van der Waals surface area (Å²) in [4.78, 5) is 11.7. The van der Waals surface area contributed by atoms with E-state index in [0.29, 0.717) is 24.8 Å². The van der Waals surface area contributed by atoms with Gasteiger partial charge in [-0.05, 0) is 30.2 Å². The summed E-state index contributed by atoms with van der Waals surface area (Å²) in [5.74, 6) is 0.845. The fourth-order valence-corrected chi connectivity index (χ4v) is 2.24. The first-order valence-electron chi connectivity index (χ1n) is 7.48. The molecule has 0 spiro atoms. The molecule has 0 fully saturated rings. The van der Waals surface area contributed by atoms with E-state index < -0.39 is 6.10 Å². The molecule has 1 aromatic rings. The van der Waals surface area contributed by atoms with Crippen molar-refractivity contribution in [1.29, 1.82) is 0 Å². The molecule has 2 atom stereocenters. The van der Waals surface area contributed by atoms with Crippen molar-refractivity contribution in [2.24, 2.45) is 5.92 Å². The van der Waals surface area contributed by atoms with Crippen LogP contribution in [0.2, 0.25) is 0 Å². The smallest absolute Gasteiger partial charge is 0.220 e. The normalized spacial score (nSPS) is 14.1. The van der Waals surface area contributed by atoms with Gasteiger partial charge in [-0.2, -0.15) is 0 Å². The van der Waals surface area contributed by atoms with Crippen LogP contribution in [0.1, 0.15) is 51.5 Å².